The van der Waals surface area contributed by atoms with Gasteiger partial charge in [0.2, 0.25) is 0 Å². The van der Waals surface area contributed by atoms with Crippen molar-refractivity contribution in [2.75, 3.05) is 5.32 Å². The fourth-order valence-corrected chi connectivity index (χ4v) is 4.57. The zero-order chi connectivity index (χ0) is 23.3. The van der Waals surface area contributed by atoms with E-state index in [4.69, 9.17) is 27.9 Å². The molecule has 3 aromatic carbocycles. The molecular formula is C23H13Br2Cl2FN2O2. The van der Waals surface area contributed by atoms with E-state index < -0.39 is 11.7 Å². The van der Waals surface area contributed by atoms with Gasteiger partial charge in [0.1, 0.15) is 29.8 Å². The van der Waals surface area contributed by atoms with Crippen LogP contribution in [0.3, 0.4) is 0 Å². The molecule has 0 radical (unpaired) electrons. The van der Waals surface area contributed by atoms with Crippen LogP contribution in [0.15, 0.2) is 69.1 Å². The normalized spacial score (nSPS) is 11.1. The van der Waals surface area contributed by atoms with Gasteiger partial charge in [0.15, 0.2) is 0 Å². The number of hydrogen-bond acceptors (Lipinski definition) is 3. The predicted octanol–water partition coefficient (Wildman–Crippen LogP) is 7.78. The highest BCUT2D eigenvalue weighted by atomic mass is 79.9. The topological polar surface area (TPSA) is 62.1 Å². The number of nitrogens with zero attached hydrogens (tertiary/aromatic N) is 1. The molecule has 1 amide bonds. The summed E-state index contributed by atoms with van der Waals surface area (Å²) in [5.74, 6) is -0.795. The Labute approximate surface area is 210 Å². The van der Waals surface area contributed by atoms with Crippen LogP contribution in [-0.2, 0) is 11.4 Å². The van der Waals surface area contributed by atoms with E-state index in [1.807, 2.05) is 6.07 Å². The maximum absolute atomic E-state index is 13.8. The number of nitriles is 1. The molecule has 0 fully saturated rings. The van der Waals surface area contributed by atoms with Gasteiger partial charge in [-0.2, -0.15) is 5.26 Å². The molecule has 0 heterocycles. The molecule has 3 aromatic rings. The van der Waals surface area contributed by atoms with E-state index in [1.165, 1.54) is 24.3 Å². The van der Waals surface area contributed by atoms with Crippen LogP contribution in [0, 0.1) is 17.1 Å². The number of amides is 1. The van der Waals surface area contributed by atoms with Crippen molar-refractivity contribution in [3.63, 3.8) is 0 Å². The first-order valence-corrected chi connectivity index (χ1v) is 11.4. The number of ether oxygens (including phenoxy) is 1. The maximum atomic E-state index is 13.8. The van der Waals surface area contributed by atoms with Crippen molar-refractivity contribution < 1.29 is 13.9 Å². The van der Waals surface area contributed by atoms with Crippen molar-refractivity contribution in [1.29, 1.82) is 5.26 Å². The lowest BCUT2D eigenvalue weighted by Gasteiger charge is -2.13. The monoisotopic (exact) mass is 596 g/mol. The number of rotatable bonds is 6. The average Bonchev–Trinajstić information content (AvgIpc) is 2.74. The molecule has 0 spiro atoms. The zero-order valence-corrected chi connectivity index (χ0v) is 20.8. The summed E-state index contributed by atoms with van der Waals surface area (Å²) < 4.78 is 20.8. The molecule has 3 rings (SSSR count). The van der Waals surface area contributed by atoms with Gasteiger partial charge in [0, 0.05) is 15.6 Å². The fourth-order valence-electron chi connectivity index (χ4n) is 2.66. The van der Waals surface area contributed by atoms with E-state index in [-0.39, 0.29) is 17.9 Å². The zero-order valence-electron chi connectivity index (χ0n) is 16.1. The molecule has 0 aliphatic heterocycles. The Balaban J connectivity index is 1.79. The third kappa shape index (κ3) is 6.11. The maximum Gasteiger partial charge on any atom is 0.266 e. The second-order valence-corrected chi connectivity index (χ2v) is 8.99. The van der Waals surface area contributed by atoms with E-state index >= 15 is 0 Å². The van der Waals surface area contributed by atoms with Crippen LogP contribution >= 0.6 is 55.1 Å². The molecule has 0 aliphatic rings. The minimum absolute atomic E-state index is 0.00869. The first-order valence-electron chi connectivity index (χ1n) is 9.02. The number of carbonyl (C=O) groups excluding carboxylic acids is 1. The number of carbonyl (C=O) groups is 1. The van der Waals surface area contributed by atoms with Gasteiger partial charge < -0.3 is 10.1 Å². The van der Waals surface area contributed by atoms with Crippen LogP contribution in [0.2, 0.25) is 10.0 Å². The summed E-state index contributed by atoms with van der Waals surface area (Å²) in [6.45, 7) is 0.205. The van der Waals surface area contributed by atoms with Crippen LogP contribution in [0.25, 0.3) is 6.08 Å². The summed E-state index contributed by atoms with van der Waals surface area (Å²) in [7, 11) is 0. The smallest absolute Gasteiger partial charge is 0.266 e. The van der Waals surface area contributed by atoms with Crippen molar-refractivity contribution in [3.8, 4) is 11.8 Å². The minimum Gasteiger partial charge on any atom is -0.486 e. The summed E-state index contributed by atoms with van der Waals surface area (Å²) in [4.78, 5) is 12.4. The number of hydrogen-bond donors (Lipinski definition) is 1. The summed E-state index contributed by atoms with van der Waals surface area (Å²) in [5, 5.41) is 12.8. The number of para-hydroxylation sites is 1. The molecule has 0 aromatic heterocycles. The van der Waals surface area contributed by atoms with E-state index in [0.717, 1.165) is 5.56 Å². The van der Waals surface area contributed by atoms with Crippen molar-refractivity contribution in [2.24, 2.45) is 0 Å². The second kappa shape index (κ2) is 11.0. The first-order chi connectivity index (χ1) is 15.3. The number of benzene rings is 3. The van der Waals surface area contributed by atoms with Gasteiger partial charge in [-0.05, 0) is 79.9 Å². The first kappa shape index (κ1) is 24.3. The standard InChI is InChI=1S/C23H13Br2Cl2FN2O2/c24-17-8-13(7-15(11-29)23(31)30-21-4-2-1-3-20(21)28)9-18(25)22(17)32-12-14-5-6-16(26)10-19(14)27/h1-10H,12H2,(H,30,31)/b15-7-. The lowest BCUT2D eigenvalue weighted by atomic mass is 10.1. The van der Waals surface area contributed by atoms with Crippen LogP contribution in [0.1, 0.15) is 11.1 Å². The molecule has 0 bridgehead atoms. The summed E-state index contributed by atoms with van der Waals surface area (Å²) in [6, 6.07) is 16.1. The van der Waals surface area contributed by atoms with Gasteiger partial charge >= 0.3 is 0 Å². The molecular weight excluding hydrogens is 586 g/mol. The Bertz CT molecular complexity index is 1240. The molecule has 32 heavy (non-hydrogen) atoms. The van der Waals surface area contributed by atoms with E-state index in [0.29, 0.717) is 30.3 Å². The molecule has 0 aliphatic carbocycles. The molecule has 0 unspecified atom stereocenters. The SMILES string of the molecule is N#C/C(=C/c1cc(Br)c(OCc2ccc(Cl)cc2Cl)c(Br)c1)C(=O)Nc1ccccc1F. The predicted molar refractivity (Wildman–Crippen MR) is 131 cm³/mol. The summed E-state index contributed by atoms with van der Waals surface area (Å²) in [5.41, 5.74) is 1.12. The highest BCUT2D eigenvalue weighted by molar-refractivity contribution is 9.11. The molecule has 1 N–H and O–H groups in total. The molecule has 0 atom stereocenters. The van der Waals surface area contributed by atoms with E-state index in [9.17, 15) is 14.4 Å². The third-order valence-electron chi connectivity index (χ3n) is 4.21. The quantitative estimate of drug-likeness (QED) is 0.233. The Hall–Kier alpha value is -2.37. The third-order valence-corrected chi connectivity index (χ3v) is 5.97. The lowest BCUT2D eigenvalue weighted by Crippen LogP contribution is -2.14. The fraction of sp³-hybridized carbons (Fsp3) is 0.0435. The van der Waals surface area contributed by atoms with Gasteiger partial charge in [-0.25, -0.2) is 4.39 Å². The Kier molecular flexibility index (Phi) is 8.32. The molecule has 4 nitrogen and oxygen atoms in total. The van der Waals surface area contributed by atoms with E-state index in [2.05, 4.69) is 37.2 Å². The highest BCUT2D eigenvalue weighted by Crippen LogP contribution is 2.36. The summed E-state index contributed by atoms with van der Waals surface area (Å²) in [6.07, 6.45) is 1.39. The van der Waals surface area contributed by atoms with Gasteiger partial charge in [-0.3, -0.25) is 4.79 Å². The van der Waals surface area contributed by atoms with Crippen molar-refractivity contribution in [3.05, 3.63) is 96.1 Å². The van der Waals surface area contributed by atoms with Gasteiger partial charge in [-0.15, -0.1) is 0 Å². The van der Waals surface area contributed by atoms with Crippen molar-refractivity contribution in [1.82, 2.24) is 0 Å². The molecule has 9 heteroatoms. The Morgan fingerprint density at radius 3 is 2.44 bits per heavy atom. The largest absolute Gasteiger partial charge is 0.486 e. The highest BCUT2D eigenvalue weighted by Gasteiger charge is 2.14. The molecule has 0 saturated carbocycles. The van der Waals surface area contributed by atoms with Gasteiger partial charge in [0.05, 0.1) is 14.6 Å². The van der Waals surface area contributed by atoms with Crippen molar-refractivity contribution in [2.45, 2.75) is 6.61 Å². The van der Waals surface area contributed by atoms with Gasteiger partial charge in [0.25, 0.3) is 5.91 Å². The van der Waals surface area contributed by atoms with Crippen LogP contribution in [-0.4, -0.2) is 5.91 Å². The lowest BCUT2D eigenvalue weighted by molar-refractivity contribution is -0.112. The van der Waals surface area contributed by atoms with Crippen LogP contribution in [0.5, 0.6) is 5.75 Å². The Morgan fingerprint density at radius 2 is 1.81 bits per heavy atom. The average molecular weight is 599 g/mol. The number of anilines is 1. The van der Waals surface area contributed by atoms with E-state index in [1.54, 1.807) is 36.4 Å². The van der Waals surface area contributed by atoms with Crippen LogP contribution < -0.4 is 10.1 Å². The van der Waals surface area contributed by atoms with Crippen LogP contribution in [0.4, 0.5) is 10.1 Å². The minimum atomic E-state index is -0.720. The molecule has 162 valence electrons. The van der Waals surface area contributed by atoms with Gasteiger partial charge in [-0.1, -0.05) is 41.4 Å². The Morgan fingerprint density at radius 1 is 1.12 bits per heavy atom. The number of nitrogens with one attached hydrogen (secondary N) is 1. The van der Waals surface area contributed by atoms with Crippen molar-refractivity contribution >= 4 is 72.7 Å². The molecule has 0 saturated heterocycles. The second-order valence-electron chi connectivity index (χ2n) is 6.44. The summed E-state index contributed by atoms with van der Waals surface area (Å²) >= 11 is 19.0. The number of halogens is 5.